The number of carbonyl (C=O) groups excluding carboxylic acids is 1. The van der Waals surface area contributed by atoms with Crippen molar-refractivity contribution >= 4 is 5.91 Å². The van der Waals surface area contributed by atoms with E-state index < -0.39 is 5.91 Å². The minimum Gasteiger partial charge on any atom is -0.359 e. The zero-order valence-corrected chi connectivity index (χ0v) is 8.26. The summed E-state index contributed by atoms with van der Waals surface area (Å²) in [5, 5.41) is 0. The SMILES string of the molecule is CC(C)(C#CC(N)=O)N1CCCC1. The molecular weight excluding hydrogens is 164 g/mol. The number of nitrogens with zero attached hydrogens (tertiary/aromatic N) is 1. The van der Waals surface area contributed by atoms with Crippen LogP contribution in [0.1, 0.15) is 26.7 Å². The van der Waals surface area contributed by atoms with E-state index in [0.717, 1.165) is 13.1 Å². The maximum absolute atomic E-state index is 10.5. The molecule has 1 heterocycles. The van der Waals surface area contributed by atoms with Gasteiger partial charge in [0.15, 0.2) is 0 Å². The fourth-order valence-corrected chi connectivity index (χ4v) is 1.57. The van der Waals surface area contributed by atoms with E-state index in [1.165, 1.54) is 12.8 Å². The molecule has 1 aliphatic heterocycles. The van der Waals surface area contributed by atoms with Crippen molar-refractivity contribution in [2.24, 2.45) is 5.73 Å². The van der Waals surface area contributed by atoms with Crippen LogP contribution in [0.3, 0.4) is 0 Å². The lowest BCUT2D eigenvalue weighted by Gasteiger charge is -2.29. The Kier molecular flexibility index (Phi) is 2.94. The molecule has 3 heteroatoms. The summed E-state index contributed by atoms with van der Waals surface area (Å²) in [5.74, 6) is 4.76. The first kappa shape index (κ1) is 10.1. The summed E-state index contributed by atoms with van der Waals surface area (Å²) in [5.41, 5.74) is 4.75. The summed E-state index contributed by atoms with van der Waals surface area (Å²) in [7, 11) is 0. The first-order chi connectivity index (χ1) is 6.02. The summed E-state index contributed by atoms with van der Waals surface area (Å²) in [6, 6.07) is 0. The van der Waals surface area contributed by atoms with Crippen molar-refractivity contribution in [1.29, 1.82) is 0 Å². The molecule has 0 aromatic carbocycles. The number of hydrogen-bond donors (Lipinski definition) is 1. The first-order valence-corrected chi connectivity index (χ1v) is 4.60. The lowest BCUT2D eigenvalue weighted by atomic mass is 10.0. The molecule has 0 unspecified atom stereocenters. The maximum Gasteiger partial charge on any atom is 0.293 e. The molecule has 0 aromatic rings. The van der Waals surface area contributed by atoms with Crippen molar-refractivity contribution < 1.29 is 4.79 Å². The lowest BCUT2D eigenvalue weighted by Crippen LogP contribution is -2.40. The molecule has 1 fully saturated rings. The number of likely N-dealkylation sites (tertiary alicyclic amines) is 1. The first-order valence-electron chi connectivity index (χ1n) is 4.60. The van der Waals surface area contributed by atoms with E-state index in [4.69, 9.17) is 5.73 Å². The van der Waals surface area contributed by atoms with Crippen LogP contribution in [-0.2, 0) is 4.79 Å². The van der Waals surface area contributed by atoms with E-state index in [9.17, 15) is 4.79 Å². The molecule has 2 N–H and O–H groups in total. The van der Waals surface area contributed by atoms with Gasteiger partial charge in [0.2, 0.25) is 0 Å². The topological polar surface area (TPSA) is 46.3 Å². The highest BCUT2D eigenvalue weighted by Crippen LogP contribution is 2.19. The average Bonchev–Trinajstić information content (AvgIpc) is 2.53. The Bertz CT molecular complexity index is 254. The summed E-state index contributed by atoms with van der Waals surface area (Å²) in [6.07, 6.45) is 2.45. The van der Waals surface area contributed by atoms with Gasteiger partial charge in [-0.1, -0.05) is 5.92 Å². The molecule has 1 saturated heterocycles. The van der Waals surface area contributed by atoms with E-state index in [0.29, 0.717) is 0 Å². The summed E-state index contributed by atoms with van der Waals surface area (Å²) in [6.45, 7) is 6.18. The molecule has 0 spiro atoms. The van der Waals surface area contributed by atoms with Crippen molar-refractivity contribution in [2.75, 3.05) is 13.1 Å². The molecule has 0 aromatic heterocycles. The molecule has 13 heavy (non-hydrogen) atoms. The molecule has 0 bridgehead atoms. The van der Waals surface area contributed by atoms with Crippen LogP contribution < -0.4 is 5.73 Å². The highest BCUT2D eigenvalue weighted by Gasteiger charge is 2.26. The lowest BCUT2D eigenvalue weighted by molar-refractivity contribution is -0.112. The Hall–Kier alpha value is -1.01. The summed E-state index contributed by atoms with van der Waals surface area (Å²) in [4.78, 5) is 12.8. The quantitative estimate of drug-likeness (QED) is 0.592. The van der Waals surface area contributed by atoms with Crippen molar-refractivity contribution in [2.45, 2.75) is 32.2 Å². The molecule has 1 amide bonds. The van der Waals surface area contributed by atoms with E-state index in [1.54, 1.807) is 0 Å². The van der Waals surface area contributed by atoms with Crippen molar-refractivity contribution in [3.05, 3.63) is 0 Å². The molecule has 3 nitrogen and oxygen atoms in total. The van der Waals surface area contributed by atoms with Crippen LogP contribution in [0, 0.1) is 11.8 Å². The highest BCUT2D eigenvalue weighted by molar-refractivity contribution is 5.92. The van der Waals surface area contributed by atoms with Gasteiger partial charge in [-0.3, -0.25) is 9.69 Å². The molecule has 72 valence electrons. The van der Waals surface area contributed by atoms with Gasteiger partial charge in [0, 0.05) is 0 Å². The van der Waals surface area contributed by atoms with E-state index in [1.807, 2.05) is 13.8 Å². The highest BCUT2D eigenvalue weighted by atomic mass is 16.1. The van der Waals surface area contributed by atoms with Crippen LogP contribution in [0.4, 0.5) is 0 Å². The fraction of sp³-hybridized carbons (Fsp3) is 0.700. The predicted octanol–water partition coefficient (Wildman–Crippen LogP) is 0.349. The number of nitrogens with two attached hydrogens (primary N) is 1. The van der Waals surface area contributed by atoms with Gasteiger partial charge in [-0.25, -0.2) is 0 Å². The van der Waals surface area contributed by atoms with Crippen LogP contribution in [-0.4, -0.2) is 29.4 Å². The zero-order chi connectivity index (χ0) is 9.90. The van der Waals surface area contributed by atoms with Gasteiger partial charge in [0.05, 0.1) is 5.54 Å². The maximum atomic E-state index is 10.5. The van der Waals surface area contributed by atoms with Crippen molar-refractivity contribution in [1.82, 2.24) is 4.90 Å². The largest absolute Gasteiger partial charge is 0.359 e. The normalized spacial score (nSPS) is 18.0. The Morgan fingerprint density at radius 3 is 2.38 bits per heavy atom. The fourth-order valence-electron chi connectivity index (χ4n) is 1.57. The number of primary amides is 1. The van der Waals surface area contributed by atoms with Gasteiger partial charge in [0.1, 0.15) is 0 Å². The molecule has 0 atom stereocenters. The predicted molar refractivity (Wildman–Crippen MR) is 51.9 cm³/mol. The van der Waals surface area contributed by atoms with Gasteiger partial charge >= 0.3 is 0 Å². The monoisotopic (exact) mass is 180 g/mol. The van der Waals surface area contributed by atoms with Crippen LogP contribution in [0.15, 0.2) is 0 Å². The Morgan fingerprint density at radius 1 is 1.38 bits per heavy atom. The van der Waals surface area contributed by atoms with Crippen LogP contribution in [0.5, 0.6) is 0 Å². The standard InChI is InChI=1S/C10H16N2O/c1-10(2,6-5-9(11)13)12-7-3-4-8-12/h3-4,7-8H2,1-2H3,(H2,11,13). The smallest absolute Gasteiger partial charge is 0.293 e. The molecule has 1 aliphatic rings. The van der Waals surface area contributed by atoms with E-state index in [-0.39, 0.29) is 5.54 Å². The minimum absolute atomic E-state index is 0.217. The molecular formula is C10H16N2O. The average molecular weight is 180 g/mol. The van der Waals surface area contributed by atoms with Crippen LogP contribution in [0.2, 0.25) is 0 Å². The second-order valence-corrected chi connectivity index (χ2v) is 3.87. The molecule has 0 aliphatic carbocycles. The summed E-state index contributed by atoms with van der Waals surface area (Å²) >= 11 is 0. The number of carbonyl (C=O) groups is 1. The Morgan fingerprint density at radius 2 is 1.92 bits per heavy atom. The van der Waals surface area contributed by atoms with E-state index >= 15 is 0 Å². The number of amides is 1. The van der Waals surface area contributed by atoms with Crippen molar-refractivity contribution in [3.8, 4) is 11.8 Å². The van der Waals surface area contributed by atoms with Gasteiger partial charge in [-0.05, 0) is 45.7 Å². The van der Waals surface area contributed by atoms with Crippen molar-refractivity contribution in [3.63, 3.8) is 0 Å². The molecule has 1 rings (SSSR count). The van der Waals surface area contributed by atoms with Gasteiger partial charge in [0.25, 0.3) is 5.91 Å². The summed E-state index contributed by atoms with van der Waals surface area (Å²) < 4.78 is 0. The third kappa shape index (κ3) is 2.74. The van der Waals surface area contributed by atoms with Crippen LogP contribution in [0.25, 0.3) is 0 Å². The third-order valence-corrected chi connectivity index (χ3v) is 2.39. The number of rotatable bonds is 1. The zero-order valence-electron chi connectivity index (χ0n) is 8.26. The van der Waals surface area contributed by atoms with Gasteiger partial charge < -0.3 is 5.73 Å². The minimum atomic E-state index is -0.549. The second kappa shape index (κ2) is 3.80. The molecule has 0 saturated carbocycles. The third-order valence-electron chi connectivity index (χ3n) is 2.39. The molecule has 0 radical (unpaired) electrons. The Balaban J connectivity index is 2.65. The van der Waals surface area contributed by atoms with E-state index in [2.05, 4.69) is 16.7 Å². The number of hydrogen-bond acceptors (Lipinski definition) is 2. The second-order valence-electron chi connectivity index (χ2n) is 3.87. The van der Waals surface area contributed by atoms with Crippen LogP contribution >= 0.6 is 0 Å². The van der Waals surface area contributed by atoms with Gasteiger partial charge in [-0.2, -0.15) is 0 Å². The Labute approximate surface area is 79.3 Å². The van der Waals surface area contributed by atoms with Gasteiger partial charge in [-0.15, -0.1) is 0 Å².